The summed E-state index contributed by atoms with van der Waals surface area (Å²) in [5.74, 6) is 0.449. The summed E-state index contributed by atoms with van der Waals surface area (Å²) < 4.78 is 0. The summed E-state index contributed by atoms with van der Waals surface area (Å²) in [6, 6.07) is 14.9. The molecule has 0 bridgehead atoms. The van der Waals surface area contributed by atoms with Crippen LogP contribution >= 0.6 is 0 Å². The Kier molecular flexibility index (Phi) is 2.53. The first-order valence-corrected chi connectivity index (χ1v) is 7.84. The minimum atomic E-state index is -0.584. The highest BCUT2D eigenvalue weighted by molar-refractivity contribution is 5.83. The Morgan fingerprint density at radius 2 is 1.85 bits per heavy atom. The monoisotopic (exact) mass is 266 g/mol. The van der Waals surface area contributed by atoms with Crippen molar-refractivity contribution in [1.29, 1.82) is 0 Å². The standard InChI is InChI=1S/C19H22O/c1-18-11-5-4-8-17(18)19(20,13-18)16-10-9-14-6-2-3-7-15(14)12-16/h2-3,6-7,9-10,12,17,20H,4-5,8,11,13H2,1H3/t17-,18-,19-/m0/s1. The summed E-state index contributed by atoms with van der Waals surface area (Å²) in [5.41, 5.74) is 0.915. The Morgan fingerprint density at radius 3 is 2.65 bits per heavy atom. The van der Waals surface area contributed by atoms with Crippen LogP contribution < -0.4 is 0 Å². The van der Waals surface area contributed by atoms with E-state index in [1.165, 1.54) is 36.5 Å². The zero-order chi connectivity index (χ0) is 13.8. The maximum absolute atomic E-state index is 11.2. The molecule has 0 aliphatic heterocycles. The summed E-state index contributed by atoms with van der Waals surface area (Å²) in [6.07, 6.45) is 6.01. The van der Waals surface area contributed by atoms with E-state index in [2.05, 4.69) is 49.4 Å². The molecular formula is C19H22O. The largest absolute Gasteiger partial charge is 0.385 e. The fourth-order valence-electron chi connectivity index (χ4n) is 4.80. The van der Waals surface area contributed by atoms with Gasteiger partial charge in [-0.3, -0.25) is 0 Å². The Morgan fingerprint density at radius 1 is 1.05 bits per heavy atom. The average molecular weight is 266 g/mol. The molecular weight excluding hydrogens is 244 g/mol. The van der Waals surface area contributed by atoms with Crippen molar-refractivity contribution in [2.24, 2.45) is 11.3 Å². The first-order chi connectivity index (χ1) is 9.62. The van der Waals surface area contributed by atoms with E-state index in [0.29, 0.717) is 11.3 Å². The molecule has 1 nitrogen and oxygen atoms in total. The smallest absolute Gasteiger partial charge is 0.0935 e. The van der Waals surface area contributed by atoms with Crippen molar-refractivity contribution in [2.75, 3.05) is 0 Å². The maximum atomic E-state index is 11.2. The second-order valence-corrected chi connectivity index (χ2v) is 7.12. The first kappa shape index (κ1) is 12.4. The lowest BCUT2D eigenvalue weighted by molar-refractivity contribution is -0.212. The van der Waals surface area contributed by atoms with Crippen molar-refractivity contribution in [3.8, 4) is 0 Å². The second kappa shape index (κ2) is 4.08. The van der Waals surface area contributed by atoms with Crippen LogP contribution in [-0.4, -0.2) is 5.11 Å². The Hall–Kier alpha value is -1.34. The molecule has 2 aromatic rings. The molecule has 2 aliphatic carbocycles. The van der Waals surface area contributed by atoms with E-state index in [9.17, 15) is 5.11 Å². The number of fused-ring (bicyclic) bond motifs is 2. The van der Waals surface area contributed by atoms with Crippen LogP contribution in [-0.2, 0) is 5.60 Å². The molecule has 0 amide bonds. The minimum Gasteiger partial charge on any atom is -0.385 e. The minimum absolute atomic E-state index is 0.374. The summed E-state index contributed by atoms with van der Waals surface area (Å²) in [4.78, 5) is 0. The van der Waals surface area contributed by atoms with Gasteiger partial charge in [0.05, 0.1) is 5.60 Å². The highest BCUT2D eigenvalue weighted by Crippen LogP contribution is 2.64. The highest BCUT2D eigenvalue weighted by atomic mass is 16.3. The second-order valence-electron chi connectivity index (χ2n) is 7.12. The molecule has 4 rings (SSSR count). The maximum Gasteiger partial charge on any atom is 0.0935 e. The van der Waals surface area contributed by atoms with Crippen LogP contribution in [0, 0.1) is 11.3 Å². The molecule has 2 aromatic carbocycles. The Balaban J connectivity index is 1.75. The molecule has 0 spiro atoms. The number of aliphatic hydroxyl groups is 1. The lowest BCUT2D eigenvalue weighted by atomic mass is 9.45. The van der Waals surface area contributed by atoms with E-state index in [1.54, 1.807) is 0 Å². The SMILES string of the molecule is C[C@@]12CCCC[C@@H]1[C@@](O)(c1ccc3ccccc3c1)C2. The molecule has 104 valence electrons. The van der Waals surface area contributed by atoms with Gasteiger partial charge < -0.3 is 5.11 Å². The zero-order valence-corrected chi connectivity index (χ0v) is 12.1. The van der Waals surface area contributed by atoms with Crippen molar-refractivity contribution in [2.45, 2.75) is 44.6 Å². The third-order valence-electron chi connectivity index (χ3n) is 5.83. The van der Waals surface area contributed by atoms with Gasteiger partial charge in [-0.15, -0.1) is 0 Å². The van der Waals surface area contributed by atoms with Crippen LogP contribution in [0.15, 0.2) is 42.5 Å². The first-order valence-electron chi connectivity index (χ1n) is 7.84. The van der Waals surface area contributed by atoms with Gasteiger partial charge in [-0.1, -0.05) is 56.2 Å². The Labute approximate surface area is 120 Å². The van der Waals surface area contributed by atoms with Crippen LogP contribution in [0.5, 0.6) is 0 Å². The van der Waals surface area contributed by atoms with Crippen molar-refractivity contribution < 1.29 is 5.11 Å². The molecule has 20 heavy (non-hydrogen) atoms. The third kappa shape index (κ3) is 1.59. The van der Waals surface area contributed by atoms with Gasteiger partial charge in [-0.25, -0.2) is 0 Å². The van der Waals surface area contributed by atoms with E-state index in [1.807, 2.05) is 0 Å². The van der Waals surface area contributed by atoms with Gasteiger partial charge in [0.2, 0.25) is 0 Å². The van der Waals surface area contributed by atoms with Crippen molar-refractivity contribution in [3.63, 3.8) is 0 Å². The van der Waals surface area contributed by atoms with E-state index >= 15 is 0 Å². The summed E-state index contributed by atoms with van der Waals surface area (Å²) >= 11 is 0. The van der Waals surface area contributed by atoms with Gasteiger partial charge in [0.15, 0.2) is 0 Å². The van der Waals surface area contributed by atoms with Crippen molar-refractivity contribution >= 4 is 10.8 Å². The molecule has 0 heterocycles. The molecule has 1 heteroatoms. The molecule has 0 aromatic heterocycles. The van der Waals surface area contributed by atoms with E-state index in [0.717, 1.165) is 12.0 Å². The number of hydrogen-bond donors (Lipinski definition) is 1. The lowest BCUT2D eigenvalue weighted by Gasteiger charge is -2.62. The van der Waals surface area contributed by atoms with Crippen LogP contribution in [0.3, 0.4) is 0 Å². The van der Waals surface area contributed by atoms with Gasteiger partial charge in [0.25, 0.3) is 0 Å². The molecule has 0 unspecified atom stereocenters. The summed E-state index contributed by atoms with van der Waals surface area (Å²) in [7, 11) is 0. The van der Waals surface area contributed by atoms with Crippen molar-refractivity contribution in [3.05, 3.63) is 48.0 Å². The fourth-order valence-corrected chi connectivity index (χ4v) is 4.80. The molecule has 2 fully saturated rings. The quantitative estimate of drug-likeness (QED) is 0.798. The van der Waals surface area contributed by atoms with Crippen molar-refractivity contribution in [1.82, 2.24) is 0 Å². The zero-order valence-electron chi connectivity index (χ0n) is 12.1. The summed E-state index contributed by atoms with van der Waals surface area (Å²) in [6.45, 7) is 2.37. The molecule has 0 saturated heterocycles. The van der Waals surface area contributed by atoms with Gasteiger partial charge in [-0.05, 0) is 53.0 Å². The third-order valence-corrected chi connectivity index (χ3v) is 5.83. The summed E-state index contributed by atoms with van der Waals surface area (Å²) in [5, 5.41) is 13.7. The topological polar surface area (TPSA) is 20.2 Å². The molecule has 2 saturated carbocycles. The fraction of sp³-hybridized carbons (Fsp3) is 0.474. The molecule has 1 N–H and O–H groups in total. The molecule has 2 aliphatic rings. The van der Waals surface area contributed by atoms with Crippen LogP contribution in [0.1, 0.15) is 44.6 Å². The molecule has 3 atom stereocenters. The van der Waals surface area contributed by atoms with E-state index < -0.39 is 5.60 Å². The predicted molar refractivity (Wildman–Crippen MR) is 82.5 cm³/mol. The van der Waals surface area contributed by atoms with Gasteiger partial charge in [-0.2, -0.15) is 0 Å². The van der Waals surface area contributed by atoms with E-state index in [4.69, 9.17) is 0 Å². The predicted octanol–water partition coefficient (Wildman–Crippen LogP) is 4.63. The van der Waals surface area contributed by atoms with Gasteiger partial charge in [0, 0.05) is 0 Å². The van der Waals surface area contributed by atoms with Gasteiger partial charge >= 0.3 is 0 Å². The van der Waals surface area contributed by atoms with E-state index in [-0.39, 0.29) is 0 Å². The van der Waals surface area contributed by atoms with Gasteiger partial charge in [0.1, 0.15) is 0 Å². The normalized spacial score (nSPS) is 36.4. The molecule has 0 radical (unpaired) electrons. The van der Waals surface area contributed by atoms with Crippen LogP contribution in [0.2, 0.25) is 0 Å². The van der Waals surface area contributed by atoms with Crippen LogP contribution in [0.25, 0.3) is 10.8 Å². The number of benzene rings is 2. The number of rotatable bonds is 1. The number of hydrogen-bond acceptors (Lipinski definition) is 1. The highest BCUT2D eigenvalue weighted by Gasteiger charge is 2.60. The Bertz CT molecular complexity index is 662. The average Bonchev–Trinajstić information content (AvgIpc) is 2.45. The lowest BCUT2D eigenvalue weighted by Crippen LogP contribution is -2.59. The van der Waals surface area contributed by atoms with Crippen LogP contribution in [0.4, 0.5) is 0 Å².